The molecule has 2 unspecified atom stereocenters. The molecule has 1 aromatic rings. The second-order valence-corrected chi connectivity index (χ2v) is 6.44. The molecule has 0 bridgehead atoms. The number of hydrogen-bond donors (Lipinski definition) is 0. The maximum Gasteiger partial charge on any atom is 0.152 e. The predicted molar refractivity (Wildman–Crippen MR) is 82.8 cm³/mol. The van der Waals surface area contributed by atoms with Crippen molar-refractivity contribution in [3.8, 4) is 0 Å². The van der Waals surface area contributed by atoms with Crippen molar-refractivity contribution in [3.05, 3.63) is 28.8 Å². The van der Waals surface area contributed by atoms with Gasteiger partial charge in [-0.1, -0.05) is 11.6 Å². The topological polar surface area (TPSA) is 23.6 Å². The van der Waals surface area contributed by atoms with Crippen molar-refractivity contribution in [3.63, 3.8) is 0 Å². The fourth-order valence-electron chi connectivity index (χ4n) is 3.78. The predicted octanol–water partition coefficient (Wildman–Crippen LogP) is 3.07. The summed E-state index contributed by atoms with van der Waals surface area (Å²) in [7, 11) is 2.24. The molecule has 20 heavy (non-hydrogen) atoms. The van der Waals surface area contributed by atoms with E-state index in [1.165, 1.54) is 25.8 Å². The van der Waals surface area contributed by atoms with Gasteiger partial charge in [0, 0.05) is 35.4 Å². The number of carbonyl (C=O) groups is 1. The Balaban J connectivity index is 1.81. The molecule has 2 aliphatic rings. The number of anilines is 1. The van der Waals surface area contributed by atoms with E-state index in [0.717, 1.165) is 31.0 Å². The average molecular weight is 293 g/mol. The monoisotopic (exact) mass is 292 g/mol. The molecule has 2 aliphatic heterocycles. The van der Waals surface area contributed by atoms with Crippen molar-refractivity contribution >= 4 is 23.6 Å². The van der Waals surface area contributed by atoms with Gasteiger partial charge in [-0.15, -0.1) is 0 Å². The SMILES string of the molecule is CN1CCCC2CN(c3ccc(Cl)cc3C=O)CCC21. The van der Waals surface area contributed by atoms with Crippen molar-refractivity contribution in [1.29, 1.82) is 0 Å². The minimum atomic E-state index is 0.628. The van der Waals surface area contributed by atoms with Crippen molar-refractivity contribution in [2.45, 2.75) is 25.3 Å². The standard InChI is InChI=1S/C16H21ClN2O/c1-18-7-2-3-12-10-19(8-6-15(12)18)16-5-4-14(17)9-13(16)11-20/h4-5,9,11-12,15H,2-3,6-8,10H2,1H3. The van der Waals surface area contributed by atoms with Gasteiger partial charge in [0.25, 0.3) is 0 Å². The van der Waals surface area contributed by atoms with Gasteiger partial charge >= 0.3 is 0 Å². The minimum Gasteiger partial charge on any atom is -0.371 e. The van der Waals surface area contributed by atoms with Crippen LogP contribution in [0, 0.1) is 5.92 Å². The molecule has 2 heterocycles. The van der Waals surface area contributed by atoms with E-state index >= 15 is 0 Å². The summed E-state index contributed by atoms with van der Waals surface area (Å²) in [5, 5.41) is 0.628. The third-order valence-electron chi connectivity index (χ3n) is 4.80. The van der Waals surface area contributed by atoms with Crippen molar-refractivity contribution in [2.75, 3.05) is 31.6 Å². The molecule has 2 atom stereocenters. The third-order valence-corrected chi connectivity index (χ3v) is 5.04. The van der Waals surface area contributed by atoms with Gasteiger partial charge in [-0.2, -0.15) is 0 Å². The summed E-state index contributed by atoms with van der Waals surface area (Å²) in [6.45, 7) is 3.30. The Hall–Kier alpha value is -1.06. The lowest BCUT2D eigenvalue weighted by atomic mass is 9.84. The summed E-state index contributed by atoms with van der Waals surface area (Å²) < 4.78 is 0. The van der Waals surface area contributed by atoms with Crippen molar-refractivity contribution < 1.29 is 4.79 Å². The smallest absolute Gasteiger partial charge is 0.152 e. The molecule has 3 rings (SSSR count). The molecule has 0 amide bonds. The van der Waals surface area contributed by atoms with E-state index in [9.17, 15) is 4.79 Å². The molecule has 0 radical (unpaired) electrons. The van der Waals surface area contributed by atoms with E-state index in [1.807, 2.05) is 12.1 Å². The lowest BCUT2D eigenvalue weighted by molar-refractivity contribution is 0.102. The molecule has 0 aliphatic carbocycles. The van der Waals surface area contributed by atoms with Crippen LogP contribution in [0.5, 0.6) is 0 Å². The molecule has 4 heteroatoms. The number of halogens is 1. The van der Waals surface area contributed by atoms with E-state index in [2.05, 4.69) is 16.8 Å². The number of nitrogens with zero attached hydrogens (tertiary/aromatic N) is 2. The average Bonchev–Trinajstić information content (AvgIpc) is 2.47. The van der Waals surface area contributed by atoms with Crippen LogP contribution in [-0.4, -0.2) is 43.9 Å². The van der Waals surface area contributed by atoms with Crippen LogP contribution < -0.4 is 4.90 Å². The first-order valence-corrected chi connectivity index (χ1v) is 7.77. The first-order chi connectivity index (χ1) is 9.69. The van der Waals surface area contributed by atoms with Crippen LogP contribution in [0.15, 0.2) is 18.2 Å². The van der Waals surface area contributed by atoms with Crippen molar-refractivity contribution in [2.24, 2.45) is 5.92 Å². The van der Waals surface area contributed by atoms with E-state index in [1.54, 1.807) is 6.07 Å². The zero-order valence-corrected chi connectivity index (χ0v) is 12.6. The number of fused-ring (bicyclic) bond motifs is 1. The highest BCUT2D eigenvalue weighted by Crippen LogP contribution is 2.33. The molecule has 2 saturated heterocycles. The summed E-state index contributed by atoms with van der Waals surface area (Å²) in [6.07, 6.45) is 4.69. The normalized spacial score (nSPS) is 27.2. The first kappa shape index (κ1) is 13.9. The number of carbonyl (C=O) groups excluding carboxylic acids is 1. The zero-order valence-electron chi connectivity index (χ0n) is 11.9. The molecule has 0 spiro atoms. The Kier molecular flexibility index (Phi) is 3.99. The Morgan fingerprint density at radius 1 is 1.30 bits per heavy atom. The molecule has 0 aromatic heterocycles. The van der Waals surface area contributed by atoms with Gasteiger partial charge in [-0.3, -0.25) is 4.79 Å². The molecule has 1 aromatic carbocycles. The van der Waals surface area contributed by atoms with Gasteiger partial charge in [0.15, 0.2) is 6.29 Å². The highest BCUT2D eigenvalue weighted by atomic mass is 35.5. The van der Waals surface area contributed by atoms with Gasteiger partial charge in [-0.05, 0) is 57.0 Å². The Morgan fingerprint density at radius 2 is 2.15 bits per heavy atom. The lowest BCUT2D eigenvalue weighted by Crippen LogP contribution is -2.52. The quantitative estimate of drug-likeness (QED) is 0.783. The fraction of sp³-hybridized carbons (Fsp3) is 0.562. The number of rotatable bonds is 2. The van der Waals surface area contributed by atoms with Crippen LogP contribution in [0.4, 0.5) is 5.69 Å². The van der Waals surface area contributed by atoms with Crippen LogP contribution >= 0.6 is 11.6 Å². The van der Waals surface area contributed by atoms with E-state index in [-0.39, 0.29) is 0 Å². The van der Waals surface area contributed by atoms with E-state index < -0.39 is 0 Å². The number of likely N-dealkylation sites (tertiary alicyclic amines) is 1. The molecule has 108 valence electrons. The summed E-state index contributed by atoms with van der Waals surface area (Å²) in [6, 6.07) is 6.34. The van der Waals surface area contributed by atoms with Crippen LogP contribution in [0.2, 0.25) is 5.02 Å². The Morgan fingerprint density at radius 3 is 2.95 bits per heavy atom. The molecule has 3 nitrogen and oxygen atoms in total. The van der Waals surface area contributed by atoms with Crippen LogP contribution in [0.1, 0.15) is 29.6 Å². The number of benzene rings is 1. The maximum absolute atomic E-state index is 11.3. The van der Waals surface area contributed by atoms with Gasteiger partial charge in [0.2, 0.25) is 0 Å². The Bertz CT molecular complexity index is 505. The molecular formula is C16H21ClN2O. The van der Waals surface area contributed by atoms with Crippen LogP contribution in [0.25, 0.3) is 0 Å². The molecule has 0 N–H and O–H groups in total. The molecule has 0 saturated carbocycles. The highest BCUT2D eigenvalue weighted by Gasteiger charge is 2.34. The van der Waals surface area contributed by atoms with Crippen LogP contribution in [-0.2, 0) is 0 Å². The first-order valence-electron chi connectivity index (χ1n) is 7.39. The van der Waals surface area contributed by atoms with Gasteiger partial charge < -0.3 is 9.80 Å². The van der Waals surface area contributed by atoms with E-state index in [4.69, 9.17) is 11.6 Å². The van der Waals surface area contributed by atoms with E-state index in [0.29, 0.717) is 16.6 Å². The molecular weight excluding hydrogens is 272 g/mol. The summed E-state index contributed by atoms with van der Waals surface area (Å²) in [5.41, 5.74) is 1.75. The Labute approximate surface area is 125 Å². The molecule has 2 fully saturated rings. The number of hydrogen-bond acceptors (Lipinski definition) is 3. The second kappa shape index (κ2) is 5.74. The highest BCUT2D eigenvalue weighted by molar-refractivity contribution is 6.31. The summed E-state index contributed by atoms with van der Waals surface area (Å²) in [5.74, 6) is 0.720. The van der Waals surface area contributed by atoms with Crippen LogP contribution in [0.3, 0.4) is 0 Å². The lowest BCUT2D eigenvalue weighted by Gasteiger charge is -2.46. The largest absolute Gasteiger partial charge is 0.371 e. The summed E-state index contributed by atoms with van der Waals surface area (Å²) >= 11 is 5.98. The van der Waals surface area contributed by atoms with Gasteiger partial charge in [0.1, 0.15) is 0 Å². The van der Waals surface area contributed by atoms with Crippen molar-refractivity contribution in [1.82, 2.24) is 4.90 Å². The van der Waals surface area contributed by atoms with Gasteiger partial charge in [-0.25, -0.2) is 0 Å². The maximum atomic E-state index is 11.3. The fourth-order valence-corrected chi connectivity index (χ4v) is 3.96. The second-order valence-electron chi connectivity index (χ2n) is 6.01. The summed E-state index contributed by atoms with van der Waals surface area (Å²) in [4.78, 5) is 16.1. The number of piperidine rings is 2. The zero-order chi connectivity index (χ0) is 14.1. The van der Waals surface area contributed by atoms with Gasteiger partial charge in [0.05, 0.1) is 0 Å². The number of aldehydes is 1. The third kappa shape index (κ3) is 2.57. The minimum absolute atomic E-state index is 0.628.